The van der Waals surface area contributed by atoms with Crippen molar-refractivity contribution in [2.75, 3.05) is 7.05 Å². The number of hydrazone groups is 1. The molecule has 0 fully saturated rings. The van der Waals surface area contributed by atoms with Crippen molar-refractivity contribution in [3.8, 4) is 0 Å². The van der Waals surface area contributed by atoms with Gasteiger partial charge in [-0.1, -0.05) is 12.1 Å². The molecule has 0 aliphatic rings. The highest BCUT2D eigenvalue weighted by atomic mass is 16.4. The van der Waals surface area contributed by atoms with Gasteiger partial charge in [-0.15, -0.1) is 0 Å². The van der Waals surface area contributed by atoms with Crippen LogP contribution >= 0.6 is 0 Å². The van der Waals surface area contributed by atoms with Crippen LogP contribution in [-0.2, 0) is 0 Å². The number of carboxylic acid groups (broad SMARTS) is 1. The Morgan fingerprint density at radius 1 is 1.41 bits per heavy atom. The number of hydrogen-bond acceptors (Lipinski definition) is 4. The number of rotatable bonds is 2. The Balaban J connectivity index is 2.28. The molecule has 0 radical (unpaired) electrons. The maximum Gasteiger partial charge on any atom is 0.427 e. The third kappa shape index (κ3) is 2.54. The van der Waals surface area contributed by atoms with Crippen LogP contribution < -0.4 is 0 Å². The number of carbonyl (C=O) groups is 1. The Bertz CT molecular complexity index is 582. The molecule has 1 aromatic carbocycles. The van der Waals surface area contributed by atoms with Crippen LogP contribution in [0.15, 0.2) is 35.6 Å². The standard InChI is InChI=1S/C11H10N4O2/c1-15(11(16)17)13-7-8-6-12-9-4-2-3-5-10(9)14-8/h2-7H,1H3,(H,16,17). The molecule has 0 saturated heterocycles. The van der Waals surface area contributed by atoms with E-state index in [1.165, 1.54) is 13.3 Å². The van der Waals surface area contributed by atoms with Gasteiger partial charge >= 0.3 is 6.09 Å². The average molecular weight is 230 g/mol. The fourth-order valence-corrected chi connectivity index (χ4v) is 1.23. The maximum absolute atomic E-state index is 10.5. The monoisotopic (exact) mass is 230 g/mol. The predicted molar refractivity (Wildman–Crippen MR) is 62.9 cm³/mol. The molecule has 6 nitrogen and oxygen atoms in total. The van der Waals surface area contributed by atoms with E-state index in [1.54, 1.807) is 6.20 Å². The van der Waals surface area contributed by atoms with Gasteiger partial charge in [0.2, 0.25) is 0 Å². The second kappa shape index (κ2) is 4.56. The first-order valence-corrected chi connectivity index (χ1v) is 4.89. The number of aromatic nitrogens is 2. The summed E-state index contributed by atoms with van der Waals surface area (Å²) in [7, 11) is 1.34. The Labute approximate surface area is 97.2 Å². The van der Waals surface area contributed by atoms with Crippen molar-refractivity contribution in [2.24, 2.45) is 5.10 Å². The number of benzene rings is 1. The zero-order chi connectivity index (χ0) is 12.3. The van der Waals surface area contributed by atoms with E-state index in [0.29, 0.717) is 5.69 Å². The van der Waals surface area contributed by atoms with Crippen LogP contribution in [0.5, 0.6) is 0 Å². The van der Waals surface area contributed by atoms with Gasteiger partial charge in [0, 0.05) is 7.05 Å². The Kier molecular flexibility index (Phi) is 2.95. The van der Waals surface area contributed by atoms with Gasteiger partial charge in [0.25, 0.3) is 0 Å². The van der Waals surface area contributed by atoms with Crippen molar-refractivity contribution < 1.29 is 9.90 Å². The lowest BCUT2D eigenvalue weighted by Crippen LogP contribution is -2.18. The van der Waals surface area contributed by atoms with E-state index in [1.807, 2.05) is 24.3 Å². The highest BCUT2D eigenvalue weighted by Gasteiger charge is 2.01. The van der Waals surface area contributed by atoms with Crippen LogP contribution in [0, 0.1) is 0 Å². The summed E-state index contributed by atoms with van der Waals surface area (Å²) in [6.45, 7) is 0. The van der Waals surface area contributed by atoms with Crippen LogP contribution in [0.3, 0.4) is 0 Å². The van der Waals surface area contributed by atoms with Crippen LogP contribution in [0.1, 0.15) is 5.69 Å². The largest absolute Gasteiger partial charge is 0.464 e. The number of hydrogen-bond donors (Lipinski definition) is 1. The molecular weight excluding hydrogens is 220 g/mol. The molecule has 0 atom stereocenters. The summed E-state index contributed by atoms with van der Waals surface area (Å²) in [4.78, 5) is 19.0. The molecule has 0 spiro atoms. The van der Waals surface area contributed by atoms with Crippen molar-refractivity contribution in [3.63, 3.8) is 0 Å². The van der Waals surface area contributed by atoms with Crippen molar-refractivity contribution >= 4 is 23.3 Å². The average Bonchev–Trinajstić information content (AvgIpc) is 2.35. The molecule has 2 rings (SSSR count). The summed E-state index contributed by atoms with van der Waals surface area (Å²) in [5, 5.41) is 13.1. The van der Waals surface area contributed by atoms with E-state index in [2.05, 4.69) is 15.1 Å². The molecule has 6 heteroatoms. The Hall–Kier alpha value is -2.50. The van der Waals surface area contributed by atoms with E-state index in [-0.39, 0.29) is 0 Å². The molecule has 0 saturated carbocycles. The number of nitrogens with zero attached hydrogens (tertiary/aromatic N) is 4. The first-order valence-electron chi connectivity index (χ1n) is 4.89. The zero-order valence-electron chi connectivity index (χ0n) is 9.11. The van der Waals surface area contributed by atoms with Gasteiger partial charge in [-0.3, -0.25) is 4.98 Å². The molecule has 17 heavy (non-hydrogen) atoms. The fourth-order valence-electron chi connectivity index (χ4n) is 1.23. The van der Waals surface area contributed by atoms with Crippen LogP contribution in [0.25, 0.3) is 11.0 Å². The molecule has 0 bridgehead atoms. The van der Waals surface area contributed by atoms with E-state index in [9.17, 15) is 4.79 Å². The third-order valence-electron chi connectivity index (χ3n) is 2.11. The first kappa shape index (κ1) is 11.0. The van der Waals surface area contributed by atoms with Crippen LogP contribution in [0.4, 0.5) is 4.79 Å². The molecule has 1 N–H and O–H groups in total. The van der Waals surface area contributed by atoms with Gasteiger partial charge in [0.15, 0.2) is 0 Å². The predicted octanol–water partition coefficient (Wildman–Crippen LogP) is 1.57. The van der Waals surface area contributed by atoms with Crippen molar-refractivity contribution in [3.05, 3.63) is 36.2 Å². The summed E-state index contributed by atoms with van der Waals surface area (Å²) < 4.78 is 0. The summed E-state index contributed by atoms with van der Waals surface area (Å²) in [5.41, 5.74) is 2.04. The third-order valence-corrected chi connectivity index (χ3v) is 2.11. The minimum absolute atomic E-state index is 0.511. The molecule has 2 aromatic rings. The highest BCUT2D eigenvalue weighted by Crippen LogP contribution is 2.07. The van der Waals surface area contributed by atoms with Gasteiger partial charge in [0.1, 0.15) is 5.69 Å². The summed E-state index contributed by atoms with van der Waals surface area (Å²) >= 11 is 0. The Morgan fingerprint density at radius 3 is 2.82 bits per heavy atom. The second-order valence-corrected chi connectivity index (χ2v) is 3.33. The highest BCUT2D eigenvalue weighted by molar-refractivity contribution is 5.82. The molecule has 1 aromatic heterocycles. The van der Waals surface area contributed by atoms with Crippen LogP contribution in [-0.4, -0.2) is 39.4 Å². The smallest absolute Gasteiger partial charge is 0.427 e. The molecule has 0 aliphatic carbocycles. The molecule has 0 unspecified atom stereocenters. The van der Waals surface area contributed by atoms with Crippen LogP contribution in [0.2, 0.25) is 0 Å². The minimum atomic E-state index is -1.13. The number of para-hydroxylation sites is 2. The van der Waals surface area contributed by atoms with Crippen molar-refractivity contribution in [2.45, 2.75) is 0 Å². The topological polar surface area (TPSA) is 78.7 Å². The van der Waals surface area contributed by atoms with E-state index in [0.717, 1.165) is 16.0 Å². The van der Waals surface area contributed by atoms with Gasteiger partial charge in [-0.2, -0.15) is 5.10 Å². The van der Waals surface area contributed by atoms with Gasteiger partial charge < -0.3 is 5.11 Å². The van der Waals surface area contributed by atoms with Gasteiger partial charge in [0.05, 0.1) is 23.4 Å². The Morgan fingerprint density at radius 2 is 2.12 bits per heavy atom. The fraction of sp³-hybridized carbons (Fsp3) is 0.0909. The van der Waals surface area contributed by atoms with Gasteiger partial charge in [-0.05, 0) is 12.1 Å². The summed E-state index contributed by atoms with van der Waals surface area (Å²) in [6.07, 6.45) is 1.77. The lowest BCUT2D eigenvalue weighted by Gasteiger charge is -2.03. The molecule has 1 heterocycles. The first-order chi connectivity index (χ1) is 8.16. The van der Waals surface area contributed by atoms with Crippen molar-refractivity contribution in [1.29, 1.82) is 0 Å². The van der Waals surface area contributed by atoms with E-state index >= 15 is 0 Å². The summed E-state index contributed by atoms with van der Waals surface area (Å²) in [5.74, 6) is 0. The molecule has 1 amide bonds. The summed E-state index contributed by atoms with van der Waals surface area (Å²) in [6, 6.07) is 7.43. The SMILES string of the molecule is CN(N=Cc1cnc2ccccc2n1)C(=O)O. The molecular formula is C11H10N4O2. The molecule has 86 valence electrons. The lowest BCUT2D eigenvalue weighted by molar-refractivity contribution is 0.158. The maximum atomic E-state index is 10.5. The lowest BCUT2D eigenvalue weighted by atomic mass is 10.3. The quantitative estimate of drug-likeness (QED) is 0.627. The normalized spacial score (nSPS) is 10.9. The minimum Gasteiger partial charge on any atom is -0.464 e. The van der Waals surface area contributed by atoms with E-state index in [4.69, 9.17) is 5.11 Å². The zero-order valence-corrected chi connectivity index (χ0v) is 9.11. The second-order valence-electron chi connectivity index (χ2n) is 3.33. The van der Waals surface area contributed by atoms with Crippen molar-refractivity contribution in [1.82, 2.24) is 15.0 Å². The molecule has 0 aliphatic heterocycles. The van der Waals surface area contributed by atoms with Gasteiger partial charge in [-0.25, -0.2) is 14.8 Å². The number of amides is 1. The van der Waals surface area contributed by atoms with E-state index < -0.39 is 6.09 Å². The number of fused-ring (bicyclic) bond motifs is 1.